The van der Waals surface area contributed by atoms with Crippen LogP contribution in [0.2, 0.25) is 0 Å². The number of rotatable bonds is 12. The minimum Gasteiger partial charge on any atom is -0.505 e. The minimum absolute atomic E-state index is 0.00337. The molecular weight excluding hydrogens is 683 g/mol. The zero-order chi connectivity index (χ0) is 33.9. The van der Waals surface area contributed by atoms with Crippen LogP contribution in [0.15, 0.2) is 77.4 Å². The summed E-state index contributed by atoms with van der Waals surface area (Å²) in [5.74, 6) is -0.133. The van der Waals surface area contributed by atoms with Gasteiger partial charge in [0.25, 0.3) is 5.97 Å². The Balaban J connectivity index is 1.47. The Bertz CT molecular complexity index is 1870. The zero-order valence-electron chi connectivity index (χ0n) is 25.9. The number of fused-ring (bicyclic) bond motifs is 1. The van der Waals surface area contributed by atoms with Crippen molar-refractivity contribution in [2.24, 2.45) is 12.5 Å². The first-order valence-corrected chi connectivity index (χ1v) is 15.7. The van der Waals surface area contributed by atoms with E-state index in [0.717, 1.165) is 30.0 Å². The molecule has 0 fully saturated rings. The van der Waals surface area contributed by atoms with Crippen LogP contribution >= 0.6 is 15.9 Å². The summed E-state index contributed by atoms with van der Waals surface area (Å²) in [5.41, 5.74) is 0.343. The van der Waals surface area contributed by atoms with E-state index in [-0.39, 0.29) is 25.0 Å². The molecule has 8 nitrogen and oxygen atoms in total. The van der Waals surface area contributed by atoms with E-state index in [1.807, 2.05) is 23.9 Å². The fourth-order valence-corrected chi connectivity index (χ4v) is 5.70. The average Bonchev–Trinajstić information content (AvgIpc) is 3.61. The van der Waals surface area contributed by atoms with Crippen molar-refractivity contribution in [2.45, 2.75) is 52.4 Å². The fourth-order valence-electron chi connectivity index (χ4n) is 5.37. The van der Waals surface area contributed by atoms with Crippen molar-refractivity contribution in [3.63, 3.8) is 0 Å². The highest BCUT2D eigenvalue weighted by atomic mass is 79.9. The lowest BCUT2D eigenvalue weighted by atomic mass is 9.75. The Morgan fingerprint density at radius 2 is 1.74 bits per heavy atom. The Kier molecular flexibility index (Phi) is 10.1. The third kappa shape index (κ3) is 7.70. The van der Waals surface area contributed by atoms with Gasteiger partial charge in [-0.05, 0) is 48.6 Å². The molecule has 0 aliphatic carbocycles. The Morgan fingerprint density at radius 3 is 2.36 bits per heavy atom. The summed E-state index contributed by atoms with van der Waals surface area (Å²) in [6.45, 7) is 3.94. The molecule has 0 atom stereocenters. The fraction of sp³-hybridized carbons (Fsp3) is 0.303. The van der Waals surface area contributed by atoms with E-state index in [1.54, 1.807) is 48.9 Å². The molecule has 14 heteroatoms. The molecule has 47 heavy (non-hydrogen) atoms. The minimum atomic E-state index is -4.55. The van der Waals surface area contributed by atoms with E-state index < -0.39 is 36.1 Å². The number of imidazole rings is 1. The van der Waals surface area contributed by atoms with Crippen molar-refractivity contribution < 1.29 is 36.8 Å². The number of hydrogen-bond donors (Lipinski definition) is 1. The summed E-state index contributed by atoms with van der Waals surface area (Å²) in [7, 11) is 0.0335. The van der Waals surface area contributed by atoms with E-state index in [1.165, 1.54) is 6.07 Å². The van der Waals surface area contributed by atoms with E-state index in [4.69, 9.17) is 14.4 Å². The molecule has 0 spiro atoms. The second-order valence-corrected chi connectivity index (χ2v) is 12.2. The van der Waals surface area contributed by atoms with Gasteiger partial charge in [-0.15, -0.1) is 0 Å². The van der Waals surface area contributed by atoms with Crippen LogP contribution in [0.4, 0.5) is 17.6 Å². The third-order valence-corrected chi connectivity index (χ3v) is 8.82. The third-order valence-electron chi connectivity index (χ3n) is 8.32. The van der Waals surface area contributed by atoms with Crippen molar-refractivity contribution in [1.29, 1.82) is 0 Å². The van der Waals surface area contributed by atoms with Gasteiger partial charge in [-0.2, -0.15) is 18.3 Å². The van der Waals surface area contributed by atoms with Crippen LogP contribution in [-0.2, 0) is 42.2 Å². The van der Waals surface area contributed by atoms with Gasteiger partial charge in [-0.25, -0.2) is 9.37 Å². The topological polar surface area (TPSA) is 91.4 Å². The molecule has 2 heterocycles. The Hall–Kier alpha value is -4.17. The van der Waals surface area contributed by atoms with Gasteiger partial charge in [-0.1, -0.05) is 60.1 Å². The number of hydrogen-bond acceptors (Lipinski definition) is 6. The molecule has 3 aromatic carbocycles. The lowest BCUT2D eigenvalue weighted by molar-refractivity contribution is -0.147. The summed E-state index contributed by atoms with van der Waals surface area (Å²) >= 11 is 3.29. The molecule has 0 saturated heterocycles. The Labute approximate surface area is 277 Å². The molecule has 0 saturated carbocycles. The second-order valence-electron chi connectivity index (χ2n) is 11.3. The quantitative estimate of drug-likeness (QED) is 0.116. The van der Waals surface area contributed by atoms with Crippen molar-refractivity contribution in [1.82, 2.24) is 19.3 Å². The Morgan fingerprint density at radius 1 is 1.02 bits per heavy atom. The predicted molar refractivity (Wildman–Crippen MR) is 172 cm³/mol. The van der Waals surface area contributed by atoms with Crippen LogP contribution in [-0.4, -0.2) is 37.4 Å². The maximum Gasteiger partial charge on any atom is 0.561 e. The zero-order valence-corrected chi connectivity index (χ0v) is 27.5. The molecular formula is C33H32BBrF4N4O4. The van der Waals surface area contributed by atoms with Crippen molar-refractivity contribution in [2.75, 3.05) is 0 Å². The lowest BCUT2D eigenvalue weighted by Gasteiger charge is -2.30. The van der Waals surface area contributed by atoms with Crippen molar-refractivity contribution in [3.8, 4) is 5.75 Å². The smallest absolute Gasteiger partial charge is 0.505 e. The van der Waals surface area contributed by atoms with Crippen LogP contribution < -0.4 is 10.2 Å². The summed E-state index contributed by atoms with van der Waals surface area (Å²) < 4.78 is 69.7. The number of aryl methyl sites for hydroxylation is 1. The summed E-state index contributed by atoms with van der Waals surface area (Å²) in [4.78, 5) is 18.5. The van der Waals surface area contributed by atoms with E-state index >= 15 is 4.39 Å². The maximum absolute atomic E-state index is 15.1. The molecule has 5 aromatic rings. The normalized spacial score (nSPS) is 12.0. The largest absolute Gasteiger partial charge is 0.561 e. The van der Waals surface area contributed by atoms with Crippen LogP contribution in [0.3, 0.4) is 0 Å². The van der Waals surface area contributed by atoms with Gasteiger partial charge in [0.05, 0.1) is 34.3 Å². The van der Waals surface area contributed by atoms with Crippen LogP contribution in [0.5, 0.6) is 5.75 Å². The van der Waals surface area contributed by atoms with Crippen molar-refractivity contribution >= 4 is 45.5 Å². The van der Waals surface area contributed by atoms with Gasteiger partial charge in [0.1, 0.15) is 24.0 Å². The van der Waals surface area contributed by atoms with E-state index in [9.17, 15) is 23.0 Å². The van der Waals surface area contributed by atoms with Gasteiger partial charge in [0.2, 0.25) is 0 Å². The predicted octanol–water partition coefficient (Wildman–Crippen LogP) is 6.60. The molecule has 1 N–H and O–H groups in total. The van der Waals surface area contributed by atoms with Gasteiger partial charge < -0.3 is 19.0 Å². The SMILES string of the molecule is CCC(CC)(Cc1nc2ccc(OCc3ccn(C)n3)cc2n1Cc1ccc(Br)cc1F)C(=O)OB(O)c1ccc(C(F)(F)F)cc1. The average molecular weight is 715 g/mol. The molecule has 0 amide bonds. The molecule has 0 radical (unpaired) electrons. The first-order chi connectivity index (χ1) is 22.3. The number of aromatic nitrogens is 4. The van der Waals surface area contributed by atoms with Crippen molar-refractivity contribution in [3.05, 3.63) is 106 Å². The molecule has 2 aromatic heterocycles. The van der Waals surface area contributed by atoms with Crippen LogP contribution in [0.1, 0.15) is 49.3 Å². The number of halogens is 5. The number of benzene rings is 3. The standard InChI is InChI=1S/C33H32BBrF4N4O4/c1-4-32(5-2,31(44)47-34(45)23-9-7-22(8-10-23)33(37,38)39)18-30-40-28-13-12-26(46-20-25-14-15-42(3)41-25)17-29(28)43(30)19-21-6-11-24(35)16-27(21)36/h6-17,45H,4-5,18-20H2,1-3H3. The van der Waals surface area contributed by atoms with Gasteiger partial charge in [0.15, 0.2) is 0 Å². The summed E-state index contributed by atoms with van der Waals surface area (Å²) in [5, 5.41) is 15.0. The monoisotopic (exact) mass is 714 g/mol. The number of alkyl halides is 3. The van der Waals surface area contributed by atoms with E-state index in [2.05, 4.69) is 21.0 Å². The lowest BCUT2D eigenvalue weighted by Crippen LogP contribution is -2.43. The van der Waals surface area contributed by atoms with Gasteiger partial charge in [-0.3, -0.25) is 9.48 Å². The highest BCUT2D eigenvalue weighted by molar-refractivity contribution is 9.10. The van der Waals surface area contributed by atoms with E-state index in [0.29, 0.717) is 45.5 Å². The highest BCUT2D eigenvalue weighted by Crippen LogP contribution is 2.35. The molecule has 0 unspecified atom stereocenters. The van der Waals surface area contributed by atoms with Crippen LogP contribution in [0, 0.1) is 11.2 Å². The maximum atomic E-state index is 15.1. The highest BCUT2D eigenvalue weighted by Gasteiger charge is 2.41. The molecule has 0 aliphatic rings. The number of nitrogens with zero attached hydrogens (tertiary/aromatic N) is 4. The number of carbonyl (C=O) groups excluding carboxylic acids is 1. The first-order valence-electron chi connectivity index (χ1n) is 14.9. The second kappa shape index (κ2) is 13.9. The van der Waals surface area contributed by atoms with Gasteiger partial charge in [0, 0.05) is 35.8 Å². The molecule has 0 aliphatic heterocycles. The first kappa shape index (κ1) is 34.2. The number of carbonyl (C=O) groups is 1. The van der Waals surface area contributed by atoms with Gasteiger partial charge >= 0.3 is 13.3 Å². The molecule has 5 rings (SSSR count). The summed E-state index contributed by atoms with van der Waals surface area (Å²) in [6, 6.07) is 15.8. The number of ether oxygens (including phenoxy) is 1. The molecule has 0 bridgehead atoms. The van der Waals surface area contributed by atoms with Crippen LogP contribution in [0.25, 0.3) is 11.0 Å². The molecule has 246 valence electrons. The summed E-state index contributed by atoms with van der Waals surface area (Å²) in [6.07, 6.45) is -2.05.